The van der Waals surface area contributed by atoms with E-state index in [0.29, 0.717) is 11.2 Å². The maximum atomic E-state index is 12.1. The van der Waals surface area contributed by atoms with Crippen LogP contribution in [0.25, 0.3) is 11.2 Å². The van der Waals surface area contributed by atoms with Gasteiger partial charge < -0.3 is 14.8 Å². The Morgan fingerprint density at radius 3 is 2.70 bits per heavy atom. The molecule has 0 bridgehead atoms. The fourth-order valence-corrected chi connectivity index (χ4v) is 2.98. The SMILES string of the molecule is O[C@@H]1[C@@H](COC(F)(F)F)C[C@@H](n2cnc3c(Cl)ncnc32)[C@@H]1O. The van der Waals surface area contributed by atoms with Gasteiger partial charge in [-0.15, -0.1) is 13.2 Å². The van der Waals surface area contributed by atoms with Crippen LogP contribution in [0.5, 0.6) is 0 Å². The van der Waals surface area contributed by atoms with Crippen LogP contribution in [0.3, 0.4) is 0 Å². The Bertz CT molecular complexity index is 710. The van der Waals surface area contributed by atoms with Crippen LogP contribution in [-0.2, 0) is 4.74 Å². The Kier molecular flexibility index (Phi) is 4.17. The zero-order valence-electron chi connectivity index (χ0n) is 11.5. The molecule has 0 aliphatic heterocycles. The molecule has 4 atom stereocenters. The second-order valence-corrected chi connectivity index (χ2v) is 5.65. The molecule has 1 aliphatic carbocycles. The molecule has 2 aromatic rings. The number of ether oxygens (including phenoxy) is 1. The average molecular weight is 353 g/mol. The van der Waals surface area contributed by atoms with Crippen LogP contribution in [0.4, 0.5) is 13.2 Å². The molecule has 0 aromatic carbocycles. The molecule has 23 heavy (non-hydrogen) atoms. The van der Waals surface area contributed by atoms with E-state index in [1.807, 2.05) is 0 Å². The second-order valence-electron chi connectivity index (χ2n) is 5.29. The average Bonchev–Trinajstić information content (AvgIpc) is 3.01. The van der Waals surface area contributed by atoms with Crippen molar-refractivity contribution < 1.29 is 28.1 Å². The molecule has 0 radical (unpaired) electrons. The van der Waals surface area contributed by atoms with E-state index >= 15 is 0 Å². The molecule has 1 aliphatic rings. The summed E-state index contributed by atoms with van der Waals surface area (Å²) in [4.78, 5) is 11.8. The normalized spacial score (nSPS) is 28.6. The van der Waals surface area contributed by atoms with E-state index in [1.165, 1.54) is 17.2 Å². The first-order valence-electron chi connectivity index (χ1n) is 6.68. The zero-order chi connectivity index (χ0) is 16.8. The van der Waals surface area contributed by atoms with Crippen molar-refractivity contribution in [2.45, 2.75) is 31.0 Å². The molecular formula is C12H12ClF3N4O3. The third kappa shape index (κ3) is 3.11. The molecule has 1 fully saturated rings. The maximum absolute atomic E-state index is 12.1. The first-order chi connectivity index (χ1) is 10.8. The number of imidazole rings is 1. The van der Waals surface area contributed by atoms with Crippen molar-refractivity contribution in [3.63, 3.8) is 0 Å². The minimum Gasteiger partial charge on any atom is -0.390 e. The smallest absolute Gasteiger partial charge is 0.390 e. The zero-order valence-corrected chi connectivity index (χ0v) is 12.2. The molecule has 3 rings (SSSR count). The summed E-state index contributed by atoms with van der Waals surface area (Å²) in [5.41, 5.74) is 0.643. The fourth-order valence-electron chi connectivity index (χ4n) is 2.81. The minimum absolute atomic E-state index is 0.0749. The van der Waals surface area contributed by atoms with E-state index in [2.05, 4.69) is 19.7 Å². The number of alkyl halides is 3. The third-order valence-electron chi connectivity index (χ3n) is 3.90. The van der Waals surface area contributed by atoms with E-state index in [-0.39, 0.29) is 11.6 Å². The maximum Gasteiger partial charge on any atom is 0.522 e. The van der Waals surface area contributed by atoms with Crippen molar-refractivity contribution in [2.24, 2.45) is 5.92 Å². The van der Waals surface area contributed by atoms with Gasteiger partial charge >= 0.3 is 6.36 Å². The van der Waals surface area contributed by atoms with Crippen LogP contribution >= 0.6 is 11.6 Å². The van der Waals surface area contributed by atoms with Gasteiger partial charge in [0.05, 0.1) is 25.1 Å². The standard InChI is InChI=1S/C12H12ClF3N4O3/c13-10-7-11(18-3-17-10)20(4-19-7)6-1-5(8(21)9(6)22)2-23-12(14,15)16/h3-6,8-9,21-22H,1-2H2/t5-,6-,8-,9+/m1/s1. The molecule has 0 spiro atoms. The van der Waals surface area contributed by atoms with E-state index in [9.17, 15) is 23.4 Å². The number of aromatic nitrogens is 4. The number of halogens is 4. The van der Waals surface area contributed by atoms with Crippen molar-refractivity contribution >= 4 is 22.8 Å². The molecule has 126 valence electrons. The Hall–Kier alpha value is -1.49. The van der Waals surface area contributed by atoms with Crippen LogP contribution in [-0.4, -0.2) is 54.9 Å². The summed E-state index contributed by atoms with van der Waals surface area (Å²) in [7, 11) is 0. The lowest BCUT2D eigenvalue weighted by Gasteiger charge is -2.18. The summed E-state index contributed by atoms with van der Waals surface area (Å²) in [5.74, 6) is -0.869. The van der Waals surface area contributed by atoms with Crippen molar-refractivity contribution in [2.75, 3.05) is 6.61 Å². The minimum atomic E-state index is -4.79. The van der Waals surface area contributed by atoms with Gasteiger partial charge in [-0.2, -0.15) is 0 Å². The summed E-state index contributed by atoms with van der Waals surface area (Å²) < 4.78 is 41.7. The van der Waals surface area contributed by atoms with Gasteiger partial charge in [0.2, 0.25) is 0 Å². The molecule has 0 amide bonds. The van der Waals surface area contributed by atoms with Crippen molar-refractivity contribution in [1.29, 1.82) is 0 Å². The van der Waals surface area contributed by atoms with E-state index in [4.69, 9.17) is 11.6 Å². The Balaban J connectivity index is 1.84. The van der Waals surface area contributed by atoms with Crippen molar-refractivity contribution in [3.05, 3.63) is 17.8 Å². The number of hydrogen-bond donors (Lipinski definition) is 2. The van der Waals surface area contributed by atoms with Crippen LogP contribution in [0.15, 0.2) is 12.7 Å². The topological polar surface area (TPSA) is 93.3 Å². The van der Waals surface area contributed by atoms with Crippen molar-refractivity contribution in [1.82, 2.24) is 19.5 Å². The van der Waals surface area contributed by atoms with E-state index in [1.54, 1.807) is 0 Å². The lowest BCUT2D eigenvalue weighted by Crippen LogP contribution is -2.32. The molecule has 7 nitrogen and oxygen atoms in total. The van der Waals surface area contributed by atoms with Gasteiger partial charge in [-0.3, -0.25) is 4.74 Å². The predicted molar refractivity (Wildman–Crippen MR) is 71.5 cm³/mol. The quantitative estimate of drug-likeness (QED) is 0.809. The first-order valence-corrected chi connectivity index (χ1v) is 7.05. The summed E-state index contributed by atoms with van der Waals surface area (Å²) in [5, 5.41) is 20.2. The highest BCUT2D eigenvalue weighted by atomic mass is 35.5. The van der Waals surface area contributed by atoms with Gasteiger partial charge in [0.1, 0.15) is 17.9 Å². The fraction of sp³-hybridized carbons (Fsp3) is 0.583. The first kappa shape index (κ1) is 16.4. The molecule has 1 saturated carbocycles. The monoisotopic (exact) mass is 352 g/mol. The van der Waals surface area contributed by atoms with Crippen LogP contribution in [0, 0.1) is 5.92 Å². The lowest BCUT2D eigenvalue weighted by molar-refractivity contribution is -0.329. The van der Waals surface area contributed by atoms with Gasteiger partial charge in [-0.1, -0.05) is 11.6 Å². The van der Waals surface area contributed by atoms with Crippen molar-refractivity contribution in [3.8, 4) is 0 Å². The predicted octanol–water partition coefficient (Wildman–Crippen LogP) is 1.30. The Morgan fingerprint density at radius 2 is 2.00 bits per heavy atom. The van der Waals surface area contributed by atoms with Crippen LogP contribution < -0.4 is 0 Å². The van der Waals surface area contributed by atoms with Gasteiger partial charge in [0, 0.05) is 5.92 Å². The lowest BCUT2D eigenvalue weighted by atomic mass is 10.1. The molecule has 11 heteroatoms. The number of nitrogens with zero attached hydrogens (tertiary/aromatic N) is 4. The number of aliphatic hydroxyl groups excluding tert-OH is 2. The Labute approximate surface area is 132 Å². The largest absolute Gasteiger partial charge is 0.522 e. The van der Waals surface area contributed by atoms with Crippen LogP contribution in [0.2, 0.25) is 5.15 Å². The number of rotatable bonds is 3. The summed E-state index contributed by atoms with van der Waals surface area (Å²) >= 11 is 5.89. The highest BCUT2D eigenvalue weighted by Gasteiger charge is 2.44. The summed E-state index contributed by atoms with van der Waals surface area (Å²) in [6.07, 6.45) is -4.76. The number of fused-ring (bicyclic) bond motifs is 1. The summed E-state index contributed by atoms with van der Waals surface area (Å²) in [6, 6.07) is -0.692. The Morgan fingerprint density at radius 1 is 1.26 bits per heavy atom. The summed E-state index contributed by atoms with van der Waals surface area (Å²) in [6.45, 7) is -0.736. The van der Waals surface area contributed by atoms with Gasteiger partial charge in [0.15, 0.2) is 10.8 Å². The third-order valence-corrected chi connectivity index (χ3v) is 4.18. The molecule has 2 heterocycles. The molecular weight excluding hydrogens is 341 g/mol. The number of aliphatic hydroxyl groups is 2. The second kappa shape index (κ2) is 5.86. The highest BCUT2D eigenvalue weighted by molar-refractivity contribution is 6.33. The van der Waals surface area contributed by atoms with E-state index < -0.39 is 37.1 Å². The van der Waals surface area contributed by atoms with Gasteiger partial charge in [-0.25, -0.2) is 15.0 Å². The molecule has 0 unspecified atom stereocenters. The van der Waals surface area contributed by atoms with Gasteiger partial charge in [-0.05, 0) is 6.42 Å². The molecule has 0 saturated heterocycles. The van der Waals surface area contributed by atoms with E-state index in [0.717, 1.165) is 0 Å². The number of hydrogen-bond acceptors (Lipinski definition) is 6. The highest BCUT2D eigenvalue weighted by Crippen LogP contribution is 2.38. The molecule has 2 N–H and O–H groups in total. The van der Waals surface area contributed by atoms with Crippen LogP contribution in [0.1, 0.15) is 12.5 Å². The van der Waals surface area contributed by atoms with Gasteiger partial charge in [0.25, 0.3) is 0 Å². The molecule has 2 aromatic heterocycles.